The second-order valence-electron chi connectivity index (χ2n) is 5.89. The van der Waals surface area contributed by atoms with Gasteiger partial charge in [-0.1, -0.05) is 30.3 Å². The first-order valence-electron chi connectivity index (χ1n) is 7.86. The van der Waals surface area contributed by atoms with E-state index >= 15 is 0 Å². The number of amides is 1. The Labute approximate surface area is 149 Å². The molecule has 0 radical (unpaired) electrons. The summed E-state index contributed by atoms with van der Waals surface area (Å²) in [6, 6.07) is 16.8. The second-order valence-corrected chi connectivity index (χ2v) is 5.89. The summed E-state index contributed by atoms with van der Waals surface area (Å²) < 4.78 is 1.50. The van der Waals surface area contributed by atoms with Crippen molar-refractivity contribution in [3.05, 3.63) is 88.3 Å². The number of carboxylic acid groups (broad SMARTS) is 1. The van der Waals surface area contributed by atoms with Crippen molar-refractivity contribution in [3.8, 4) is 5.69 Å². The third-order valence-corrected chi connectivity index (χ3v) is 3.97. The molecule has 2 aromatic carbocycles. The number of hydrogen-bond acceptors (Lipinski definition) is 4. The Morgan fingerprint density at radius 3 is 2.54 bits per heavy atom. The van der Waals surface area contributed by atoms with E-state index in [1.807, 2.05) is 30.3 Å². The molecule has 0 aliphatic heterocycles. The molecule has 0 aliphatic rings. The molecular weight excluding hydrogens is 334 g/mol. The highest BCUT2D eigenvalue weighted by Gasteiger charge is 2.31. The first kappa shape index (κ1) is 17.4. The number of carbonyl (C=O) groups is 1. The predicted molar refractivity (Wildman–Crippen MR) is 96.6 cm³/mol. The molecule has 1 atom stereocenters. The van der Waals surface area contributed by atoms with Crippen LogP contribution in [0.5, 0.6) is 0 Å². The monoisotopic (exact) mass is 351 g/mol. The fourth-order valence-corrected chi connectivity index (χ4v) is 2.63. The van der Waals surface area contributed by atoms with Gasteiger partial charge in [-0.05, 0) is 36.8 Å². The molecule has 7 heteroatoms. The molecule has 0 bridgehead atoms. The lowest BCUT2D eigenvalue weighted by atomic mass is 9.91. The quantitative estimate of drug-likeness (QED) is 0.670. The minimum absolute atomic E-state index is 0.0590. The summed E-state index contributed by atoms with van der Waals surface area (Å²) in [5.74, 6) is 0. The smallest absolute Gasteiger partial charge is 0.409 e. The zero-order valence-corrected chi connectivity index (χ0v) is 14.0. The summed E-state index contributed by atoms with van der Waals surface area (Å²) in [6.07, 6.45) is 0.311. The number of nitrogens with one attached hydrogen (secondary N) is 1. The minimum Gasteiger partial charge on any atom is -0.465 e. The molecule has 3 N–H and O–H groups in total. The van der Waals surface area contributed by atoms with E-state index in [9.17, 15) is 14.7 Å². The third-order valence-electron chi connectivity index (χ3n) is 3.97. The number of anilines is 1. The number of benzene rings is 2. The topological polar surface area (TPSA) is 104 Å². The molecule has 1 heterocycles. The molecule has 0 spiro atoms. The van der Waals surface area contributed by atoms with E-state index in [4.69, 9.17) is 5.11 Å². The summed E-state index contributed by atoms with van der Waals surface area (Å²) in [5, 5.41) is 26.4. The van der Waals surface area contributed by atoms with Crippen molar-refractivity contribution in [2.75, 3.05) is 5.32 Å². The molecule has 0 fully saturated rings. The van der Waals surface area contributed by atoms with Gasteiger partial charge >= 0.3 is 6.09 Å². The molecule has 0 saturated heterocycles. The van der Waals surface area contributed by atoms with Gasteiger partial charge in [0.25, 0.3) is 0 Å². The maximum absolute atomic E-state index is 12.3. The van der Waals surface area contributed by atoms with E-state index in [2.05, 4.69) is 10.4 Å². The van der Waals surface area contributed by atoms with Crippen LogP contribution in [0, 0.1) is 0 Å². The number of para-hydroxylation sites is 1. The number of aliphatic hydroxyl groups is 1. The van der Waals surface area contributed by atoms with Crippen molar-refractivity contribution < 1.29 is 15.0 Å². The lowest BCUT2D eigenvalue weighted by Gasteiger charge is -2.23. The van der Waals surface area contributed by atoms with Crippen LogP contribution in [0.3, 0.4) is 0 Å². The zero-order chi connectivity index (χ0) is 18.7. The average molecular weight is 351 g/mol. The van der Waals surface area contributed by atoms with Crippen LogP contribution >= 0.6 is 0 Å². The van der Waals surface area contributed by atoms with Gasteiger partial charge in [-0.15, -0.1) is 0 Å². The fourth-order valence-electron chi connectivity index (χ4n) is 2.63. The van der Waals surface area contributed by atoms with Gasteiger partial charge in [-0.2, -0.15) is 5.10 Å². The highest BCUT2D eigenvalue weighted by Crippen LogP contribution is 2.27. The van der Waals surface area contributed by atoms with Crippen molar-refractivity contribution in [1.82, 2.24) is 9.78 Å². The lowest BCUT2D eigenvalue weighted by molar-refractivity contribution is 0.0945. The van der Waals surface area contributed by atoms with E-state index in [1.165, 1.54) is 29.9 Å². The van der Waals surface area contributed by atoms with Gasteiger partial charge in [0.05, 0.1) is 5.69 Å². The van der Waals surface area contributed by atoms with Crippen molar-refractivity contribution in [3.63, 3.8) is 0 Å². The number of rotatable bonds is 4. The summed E-state index contributed by atoms with van der Waals surface area (Å²) in [7, 11) is 0. The second kappa shape index (κ2) is 6.81. The van der Waals surface area contributed by atoms with Crippen LogP contribution in [-0.4, -0.2) is 26.1 Å². The van der Waals surface area contributed by atoms with Crippen LogP contribution in [0.2, 0.25) is 0 Å². The standard InChI is InChI=1S/C19H17N3O4/c1-19(26,13-6-5-7-14(12-13)20-18(24)25)17-16(23)10-11-22(21-17)15-8-3-2-4-9-15/h2-12,20,26H,1H3,(H,24,25). The van der Waals surface area contributed by atoms with Crippen LogP contribution in [0.25, 0.3) is 5.69 Å². The van der Waals surface area contributed by atoms with E-state index < -0.39 is 17.1 Å². The maximum Gasteiger partial charge on any atom is 0.409 e. The van der Waals surface area contributed by atoms with E-state index in [0.29, 0.717) is 5.56 Å². The Bertz CT molecular complexity index is 997. The van der Waals surface area contributed by atoms with Gasteiger partial charge in [0, 0.05) is 18.0 Å². The molecule has 3 rings (SSSR count). The molecule has 1 aromatic heterocycles. The molecular formula is C19H17N3O4. The molecule has 0 aliphatic carbocycles. The van der Waals surface area contributed by atoms with E-state index in [0.717, 1.165) is 5.69 Å². The molecule has 1 amide bonds. The predicted octanol–water partition coefficient (Wildman–Crippen LogP) is 2.58. The molecule has 0 saturated carbocycles. The van der Waals surface area contributed by atoms with Gasteiger partial charge in [0.2, 0.25) is 5.43 Å². The SMILES string of the molecule is CC(O)(c1cccc(NC(=O)O)c1)c1nn(-c2ccccc2)ccc1=O. The molecule has 3 aromatic rings. The summed E-state index contributed by atoms with van der Waals surface area (Å²) in [5.41, 5.74) is -0.805. The molecule has 26 heavy (non-hydrogen) atoms. The number of nitrogens with zero attached hydrogens (tertiary/aromatic N) is 2. The highest BCUT2D eigenvalue weighted by molar-refractivity contribution is 5.82. The minimum atomic E-state index is -1.70. The first-order chi connectivity index (χ1) is 12.4. The molecule has 1 unspecified atom stereocenters. The van der Waals surface area contributed by atoms with Crippen LogP contribution in [0.15, 0.2) is 71.7 Å². The highest BCUT2D eigenvalue weighted by atomic mass is 16.4. The van der Waals surface area contributed by atoms with Gasteiger partial charge in [-0.25, -0.2) is 9.48 Å². The Morgan fingerprint density at radius 1 is 1.12 bits per heavy atom. The Kier molecular flexibility index (Phi) is 4.55. The van der Waals surface area contributed by atoms with Crippen molar-refractivity contribution in [1.29, 1.82) is 0 Å². The maximum atomic E-state index is 12.3. The van der Waals surface area contributed by atoms with Crippen LogP contribution in [0.4, 0.5) is 10.5 Å². The zero-order valence-electron chi connectivity index (χ0n) is 14.0. The summed E-state index contributed by atoms with van der Waals surface area (Å²) in [4.78, 5) is 23.2. The summed E-state index contributed by atoms with van der Waals surface area (Å²) >= 11 is 0. The van der Waals surface area contributed by atoms with Gasteiger partial charge in [-0.3, -0.25) is 10.1 Å². The summed E-state index contributed by atoms with van der Waals surface area (Å²) in [6.45, 7) is 1.45. The lowest BCUT2D eigenvalue weighted by Crippen LogP contribution is -2.33. The Balaban J connectivity index is 2.07. The average Bonchev–Trinajstić information content (AvgIpc) is 2.62. The van der Waals surface area contributed by atoms with Gasteiger partial charge in [0.15, 0.2) is 0 Å². The van der Waals surface area contributed by atoms with Crippen LogP contribution in [0.1, 0.15) is 18.2 Å². The fraction of sp³-hybridized carbons (Fsp3) is 0.105. The van der Waals surface area contributed by atoms with Crippen molar-refractivity contribution in [2.45, 2.75) is 12.5 Å². The largest absolute Gasteiger partial charge is 0.465 e. The van der Waals surface area contributed by atoms with Crippen LogP contribution < -0.4 is 10.7 Å². The Morgan fingerprint density at radius 2 is 1.85 bits per heavy atom. The first-order valence-corrected chi connectivity index (χ1v) is 7.86. The van der Waals surface area contributed by atoms with Crippen LogP contribution in [-0.2, 0) is 5.60 Å². The van der Waals surface area contributed by atoms with Gasteiger partial charge in [0.1, 0.15) is 11.3 Å². The number of aromatic nitrogens is 2. The third kappa shape index (κ3) is 3.47. The normalized spacial score (nSPS) is 13.0. The van der Waals surface area contributed by atoms with E-state index in [-0.39, 0.29) is 11.4 Å². The Hall–Kier alpha value is -3.45. The van der Waals surface area contributed by atoms with Crippen molar-refractivity contribution >= 4 is 11.8 Å². The molecule has 7 nitrogen and oxygen atoms in total. The van der Waals surface area contributed by atoms with Crippen molar-refractivity contribution in [2.24, 2.45) is 0 Å². The molecule has 132 valence electrons. The number of hydrogen-bond donors (Lipinski definition) is 3. The van der Waals surface area contributed by atoms with E-state index in [1.54, 1.807) is 18.2 Å². The van der Waals surface area contributed by atoms with Gasteiger partial charge < -0.3 is 10.2 Å².